The minimum Gasteiger partial charge on any atom is -0.389 e. The van der Waals surface area contributed by atoms with E-state index in [0.29, 0.717) is 6.54 Å². The molecule has 0 aliphatic heterocycles. The van der Waals surface area contributed by atoms with Crippen LogP contribution in [0.2, 0.25) is 0 Å². The van der Waals surface area contributed by atoms with Gasteiger partial charge in [0.05, 0.1) is 10.5 Å². The van der Waals surface area contributed by atoms with Crippen molar-refractivity contribution in [2.45, 2.75) is 45.4 Å². The van der Waals surface area contributed by atoms with E-state index in [4.69, 9.17) is 0 Å². The van der Waals surface area contributed by atoms with Crippen molar-refractivity contribution in [2.24, 2.45) is 0 Å². The van der Waals surface area contributed by atoms with Gasteiger partial charge in [-0.15, -0.1) is 0 Å². The summed E-state index contributed by atoms with van der Waals surface area (Å²) >= 11 is 0. The van der Waals surface area contributed by atoms with Gasteiger partial charge in [-0.1, -0.05) is 12.1 Å². The molecule has 18 heavy (non-hydrogen) atoms. The summed E-state index contributed by atoms with van der Waals surface area (Å²) < 4.78 is 0. The van der Waals surface area contributed by atoms with Crippen molar-refractivity contribution in [3.63, 3.8) is 0 Å². The molecule has 1 aromatic carbocycles. The lowest BCUT2D eigenvalue weighted by Gasteiger charge is -2.38. The maximum atomic E-state index is 10.7. The highest BCUT2D eigenvalue weighted by Gasteiger charge is 2.34. The molecule has 1 aromatic rings. The first-order valence-electron chi connectivity index (χ1n) is 5.84. The van der Waals surface area contributed by atoms with E-state index < -0.39 is 16.1 Å². The molecule has 5 heteroatoms. The maximum Gasteiger partial charge on any atom is 0.269 e. The highest BCUT2D eigenvalue weighted by molar-refractivity contribution is 5.34. The van der Waals surface area contributed by atoms with E-state index in [2.05, 4.69) is 5.32 Å². The number of nitrogens with zero attached hydrogens (tertiary/aromatic N) is 1. The first-order valence-corrected chi connectivity index (χ1v) is 5.84. The molecule has 5 nitrogen and oxygen atoms in total. The second-order valence-corrected chi connectivity index (χ2v) is 5.46. The van der Waals surface area contributed by atoms with Crippen LogP contribution in [0.15, 0.2) is 24.3 Å². The number of hydrogen-bond acceptors (Lipinski definition) is 4. The van der Waals surface area contributed by atoms with Gasteiger partial charge in [0.25, 0.3) is 5.69 Å². The minimum atomic E-state index is -0.881. The third-order valence-electron chi connectivity index (χ3n) is 3.39. The Morgan fingerprint density at radius 3 is 2.44 bits per heavy atom. The standard InChI is InChI=1S/C13H20N2O3/c1-12(2,13(3,4)16)14-9-10-6-5-7-11(8-10)15(17)18/h5-8,14,16H,9H2,1-4H3. The van der Waals surface area contributed by atoms with E-state index in [1.807, 2.05) is 19.9 Å². The second-order valence-electron chi connectivity index (χ2n) is 5.46. The number of non-ortho nitro benzene ring substituents is 1. The molecule has 0 unspecified atom stereocenters. The third-order valence-corrected chi connectivity index (χ3v) is 3.39. The monoisotopic (exact) mass is 252 g/mol. The van der Waals surface area contributed by atoms with E-state index in [9.17, 15) is 15.2 Å². The molecule has 0 bridgehead atoms. The Morgan fingerprint density at radius 1 is 1.33 bits per heavy atom. The predicted molar refractivity (Wildman–Crippen MR) is 70.3 cm³/mol. The number of nitro groups is 1. The number of nitro benzene ring substituents is 1. The number of rotatable bonds is 5. The van der Waals surface area contributed by atoms with Crippen LogP contribution in [0.25, 0.3) is 0 Å². The third kappa shape index (κ3) is 3.51. The van der Waals surface area contributed by atoms with Crippen LogP contribution in [0.5, 0.6) is 0 Å². The summed E-state index contributed by atoms with van der Waals surface area (Å²) in [5, 5.41) is 23.9. The summed E-state index contributed by atoms with van der Waals surface area (Å²) in [5.74, 6) is 0. The lowest BCUT2D eigenvalue weighted by atomic mass is 9.86. The van der Waals surface area contributed by atoms with Crippen LogP contribution in [-0.2, 0) is 6.54 Å². The fourth-order valence-corrected chi connectivity index (χ4v) is 1.32. The van der Waals surface area contributed by atoms with Gasteiger partial charge < -0.3 is 10.4 Å². The molecule has 0 heterocycles. The summed E-state index contributed by atoms with van der Waals surface area (Å²) in [4.78, 5) is 10.2. The van der Waals surface area contributed by atoms with E-state index in [0.717, 1.165) is 5.56 Å². The lowest BCUT2D eigenvalue weighted by Crippen LogP contribution is -2.55. The van der Waals surface area contributed by atoms with Crippen LogP contribution in [0, 0.1) is 10.1 Å². The van der Waals surface area contributed by atoms with Gasteiger partial charge in [0.2, 0.25) is 0 Å². The fraction of sp³-hybridized carbons (Fsp3) is 0.538. The van der Waals surface area contributed by atoms with Crippen molar-refractivity contribution in [3.8, 4) is 0 Å². The normalized spacial score (nSPS) is 12.5. The summed E-state index contributed by atoms with van der Waals surface area (Å²) in [7, 11) is 0. The summed E-state index contributed by atoms with van der Waals surface area (Å²) in [6.45, 7) is 7.72. The molecule has 0 amide bonds. The molecule has 0 aliphatic rings. The van der Waals surface area contributed by atoms with Crippen LogP contribution in [0.4, 0.5) is 5.69 Å². The van der Waals surface area contributed by atoms with E-state index in [-0.39, 0.29) is 5.69 Å². The SMILES string of the molecule is CC(C)(O)C(C)(C)NCc1cccc([N+](=O)[O-])c1. The fourth-order valence-electron chi connectivity index (χ4n) is 1.32. The summed E-state index contributed by atoms with van der Waals surface area (Å²) in [6, 6.07) is 6.48. The number of nitrogens with one attached hydrogen (secondary N) is 1. The van der Waals surface area contributed by atoms with Gasteiger partial charge in [-0.05, 0) is 33.3 Å². The van der Waals surface area contributed by atoms with Gasteiger partial charge in [-0.25, -0.2) is 0 Å². The van der Waals surface area contributed by atoms with Gasteiger partial charge in [-0.3, -0.25) is 10.1 Å². The van der Waals surface area contributed by atoms with Crippen molar-refractivity contribution >= 4 is 5.69 Å². The minimum absolute atomic E-state index is 0.0790. The predicted octanol–water partition coefficient (Wildman–Crippen LogP) is 2.23. The first-order chi connectivity index (χ1) is 8.13. The Kier molecular flexibility index (Phi) is 4.09. The molecule has 0 radical (unpaired) electrons. The Hall–Kier alpha value is -1.46. The lowest BCUT2D eigenvalue weighted by molar-refractivity contribution is -0.384. The molecule has 0 spiro atoms. The summed E-state index contributed by atoms with van der Waals surface area (Å²) in [5.41, 5.74) is -0.470. The van der Waals surface area contributed by atoms with E-state index in [1.165, 1.54) is 12.1 Å². The van der Waals surface area contributed by atoms with Crippen LogP contribution in [0.1, 0.15) is 33.3 Å². The molecule has 0 aromatic heterocycles. The first kappa shape index (κ1) is 14.6. The van der Waals surface area contributed by atoms with Crippen molar-refractivity contribution < 1.29 is 10.0 Å². The van der Waals surface area contributed by atoms with Gasteiger partial charge >= 0.3 is 0 Å². The van der Waals surface area contributed by atoms with Crippen molar-refractivity contribution in [3.05, 3.63) is 39.9 Å². The largest absolute Gasteiger partial charge is 0.389 e. The van der Waals surface area contributed by atoms with Gasteiger partial charge in [0, 0.05) is 24.2 Å². The zero-order valence-corrected chi connectivity index (χ0v) is 11.2. The molecule has 0 atom stereocenters. The zero-order valence-electron chi connectivity index (χ0n) is 11.2. The molecule has 1 rings (SSSR count). The molecular formula is C13H20N2O3. The highest BCUT2D eigenvalue weighted by Crippen LogP contribution is 2.21. The Balaban J connectivity index is 2.75. The second kappa shape index (κ2) is 5.04. The number of hydrogen-bond donors (Lipinski definition) is 2. The molecular weight excluding hydrogens is 232 g/mol. The maximum absolute atomic E-state index is 10.7. The van der Waals surface area contributed by atoms with Crippen LogP contribution < -0.4 is 5.32 Å². The van der Waals surface area contributed by atoms with Crippen LogP contribution >= 0.6 is 0 Å². The van der Waals surface area contributed by atoms with Gasteiger partial charge in [0.1, 0.15) is 0 Å². The summed E-state index contributed by atoms with van der Waals surface area (Å²) in [6.07, 6.45) is 0. The van der Waals surface area contributed by atoms with Crippen molar-refractivity contribution in [1.82, 2.24) is 5.32 Å². The van der Waals surface area contributed by atoms with Gasteiger partial charge in [0.15, 0.2) is 0 Å². The topological polar surface area (TPSA) is 75.4 Å². The van der Waals surface area contributed by atoms with E-state index in [1.54, 1.807) is 19.9 Å². The highest BCUT2D eigenvalue weighted by atomic mass is 16.6. The molecule has 0 saturated carbocycles. The average molecular weight is 252 g/mol. The average Bonchev–Trinajstić information content (AvgIpc) is 2.25. The Morgan fingerprint density at radius 2 is 1.94 bits per heavy atom. The molecule has 0 aliphatic carbocycles. The Labute approximate surface area is 107 Å². The molecule has 0 fully saturated rings. The number of benzene rings is 1. The van der Waals surface area contributed by atoms with Crippen molar-refractivity contribution in [2.75, 3.05) is 0 Å². The molecule has 2 N–H and O–H groups in total. The quantitative estimate of drug-likeness (QED) is 0.622. The molecule has 100 valence electrons. The smallest absolute Gasteiger partial charge is 0.269 e. The number of aliphatic hydroxyl groups is 1. The van der Waals surface area contributed by atoms with Crippen LogP contribution in [0.3, 0.4) is 0 Å². The Bertz CT molecular complexity index is 436. The van der Waals surface area contributed by atoms with Gasteiger partial charge in [-0.2, -0.15) is 0 Å². The molecule has 0 saturated heterocycles. The van der Waals surface area contributed by atoms with Crippen LogP contribution in [-0.4, -0.2) is 21.2 Å². The zero-order chi connectivity index (χ0) is 14.0. The van der Waals surface area contributed by atoms with E-state index >= 15 is 0 Å². The van der Waals surface area contributed by atoms with Crippen molar-refractivity contribution in [1.29, 1.82) is 0 Å².